The molecule has 0 aliphatic heterocycles. The number of benzene rings is 1. The monoisotopic (exact) mass is 238 g/mol. The maximum absolute atomic E-state index is 13.4. The Labute approximate surface area is 101 Å². The second-order valence-corrected chi connectivity index (χ2v) is 4.70. The van der Waals surface area contributed by atoms with Crippen LogP contribution in [0, 0.1) is 11.2 Å². The Balaban J connectivity index is 2.83. The van der Waals surface area contributed by atoms with Gasteiger partial charge in [-0.2, -0.15) is 0 Å². The average molecular weight is 238 g/mol. The molecule has 0 unspecified atom stereocenters. The van der Waals surface area contributed by atoms with Crippen LogP contribution in [0.15, 0.2) is 18.2 Å². The second kappa shape index (κ2) is 5.27. The average Bonchev–Trinajstić information content (AvgIpc) is 2.29. The number of hydrogen-bond acceptors (Lipinski definition) is 2. The summed E-state index contributed by atoms with van der Waals surface area (Å²) in [5.41, 5.74) is 5.82. The summed E-state index contributed by atoms with van der Waals surface area (Å²) < 4.78 is 13.4. The van der Waals surface area contributed by atoms with Gasteiger partial charge in [0.25, 0.3) is 0 Å². The van der Waals surface area contributed by atoms with Crippen molar-refractivity contribution in [3.05, 3.63) is 29.6 Å². The van der Waals surface area contributed by atoms with Gasteiger partial charge in [0.05, 0.1) is 0 Å². The van der Waals surface area contributed by atoms with Gasteiger partial charge in [-0.05, 0) is 18.6 Å². The molecule has 0 aliphatic rings. The van der Waals surface area contributed by atoms with Crippen molar-refractivity contribution in [2.24, 2.45) is 11.1 Å². The fraction of sp³-hybridized carbons (Fsp3) is 0.462. The van der Waals surface area contributed by atoms with E-state index in [1.807, 2.05) is 20.8 Å². The van der Waals surface area contributed by atoms with E-state index >= 15 is 0 Å². The molecular formula is C13H19FN2O. The third-order valence-electron chi connectivity index (χ3n) is 3.03. The van der Waals surface area contributed by atoms with E-state index in [9.17, 15) is 9.18 Å². The molecule has 0 heterocycles. The first-order chi connectivity index (χ1) is 7.90. The number of rotatable bonds is 4. The fourth-order valence-corrected chi connectivity index (χ4v) is 1.25. The minimum atomic E-state index is -0.455. The van der Waals surface area contributed by atoms with E-state index < -0.39 is 5.41 Å². The molecule has 94 valence electrons. The Kier molecular flexibility index (Phi) is 4.23. The number of amides is 1. The molecule has 1 aromatic carbocycles. The van der Waals surface area contributed by atoms with Crippen molar-refractivity contribution in [2.75, 3.05) is 5.32 Å². The van der Waals surface area contributed by atoms with Crippen LogP contribution < -0.4 is 11.1 Å². The van der Waals surface area contributed by atoms with Gasteiger partial charge in [-0.15, -0.1) is 0 Å². The van der Waals surface area contributed by atoms with Crippen molar-refractivity contribution in [2.45, 2.75) is 33.7 Å². The third-order valence-corrected chi connectivity index (χ3v) is 3.03. The van der Waals surface area contributed by atoms with Gasteiger partial charge in [0.15, 0.2) is 0 Å². The van der Waals surface area contributed by atoms with E-state index in [4.69, 9.17) is 5.73 Å². The molecule has 0 saturated carbocycles. The first-order valence-electron chi connectivity index (χ1n) is 5.70. The van der Waals surface area contributed by atoms with Crippen LogP contribution in [-0.2, 0) is 11.3 Å². The summed E-state index contributed by atoms with van der Waals surface area (Å²) >= 11 is 0. The molecule has 1 amide bonds. The Morgan fingerprint density at radius 3 is 2.59 bits per heavy atom. The minimum absolute atomic E-state index is 0.111. The molecule has 0 aromatic heterocycles. The van der Waals surface area contributed by atoms with Gasteiger partial charge in [0.2, 0.25) is 5.91 Å². The minimum Gasteiger partial charge on any atom is -0.326 e. The Hall–Kier alpha value is -1.42. The molecule has 0 radical (unpaired) electrons. The van der Waals surface area contributed by atoms with Crippen molar-refractivity contribution in [3.8, 4) is 0 Å². The predicted octanol–water partition coefficient (Wildman–Crippen LogP) is 2.66. The summed E-state index contributed by atoms with van der Waals surface area (Å²) in [5.74, 6) is -0.500. The number of nitrogens with one attached hydrogen (secondary N) is 1. The lowest BCUT2D eigenvalue weighted by atomic mass is 9.89. The Bertz CT molecular complexity index is 416. The second-order valence-electron chi connectivity index (χ2n) is 4.70. The van der Waals surface area contributed by atoms with Crippen molar-refractivity contribution < 1.29 is 9.18 Å². The van der Waals surface area contributed by atoms with Crippen LogP contribution in [0.2, 0.25) is 0 Å². The van der Waals surface area contributed by atoms with Crippen LogP contribution in [0.1, 0.15) is 32.8 Å². The molecule has 1 rings (SSSR count). The van der Waals surface area contributed by atoms with Gasteiger partial charge in [0.1, 0.15) is 5.82 Å². The topological polar surface area (TPSA) is 55.1 Å². The molecule has 0 bridgehead atoms. The van der Waals surface area contributed by atoms with Crippen LogP contribution in [0.5, 0.6) is 0 Å². The van der Waals surface area contributed by atoms with E-state index in [0.29, 0.717) is 11.3 Å². The Morgan fingerprint density at radius 2 is 2.12 bits per heavy atom. The van der Waals surface area contributed by atoms with Crippen LogP contribution in [0.3, 0.4) is 0 Å². The van der Waals surface area contributed by atoms with Gasteiger partial charge >= 0.3 is 0 Å². The smallest absolute Gasteiger partial charge is 0.230 e. The van der Waals surface area contributed by atoms with Crippen LogP contribution >= 0.6 is 0 Å². The third kappa shape index (κ3) is 3.27. The fourth-order valence-electron chi connectivity index (χ4n) is 1.25. The van der Waals surface area contributed by atoms with Crippen LogP contribution in [0.4, 0.5) is 10.1 Å². The van der Waals surface area contributed by atoms with Crippen LogP contribution in [-0.4, -0.2) is 5.91 Å². The quantitative estimate of drug-likeness (QED) is 0.847. The van der Waals surface area contributed by atoms with Crippen molar-refractivity contribution in [3.63, 3.8) is 0 Å². The van der Waals surface area contributed by atoms with Crippen molar-refractivity contribution >= 4 is 11.6 Å². The summed E-state index contributed by atoms with van der Waals surface area (Å²) in [4.78, 5) is 11.9. The standard InChI is InChI=1S/C13H19FN2O/c1-4-13(2,3)12(17)16-10-6-5-9(8-15)11(14)7-10/h5-7H,4,8,15H2,1-3H3,(H,16,17). The summed E-state index contributed by atoms with van der Waals surface area (Å²) in [6, 6.07) is 4.55. The maximum Gasteiger partial charge on any atom is 0.230 e. The van der Waals surface area contributed by atoms with Gasteiger partial charge in [-0.1, -0.05) is 26.8 Å². The highest BCUT2D eigenvalue weighted by molar-refractivity contribution is 5.94. The molecule has 0 atom stereocenters. The lowest BCUT2D eigenvalue weighted by Crippen LogP contribution is -2.30. The SMILES string of the molecule is CCC(C)(C)C(=O)Nc1ccc(CN)c(F)c1. The number of anilines is 1. The lowest BCUT2D eigenvalue weighted by Gasteiger charge is -2.21. The highest BCUT2D eigenvalue weighted by Gasteiger charge is 2.25. The highest BCUT2D eigenvalue weighted by atomic mass is 19.1. The van der Waals surface area contributed by atoms with Crippen molar-refractivity contribution in [1.82, 2.24) is 0 Å². The van der Waals surface area contributed by atoms with E-state index in [-0.39, 0.29) is 18.3 Å². The highest BCUT2D eigenvalue weighted by Crippen LogP contribution is 2.23. The molecule has 3 nitrogen and oxygen atoms in total. The summed E-state index contributed by atoms with van der Waals surface area (Å²) in [6.07, 6.45) is 0.724. The number of carbonyl (C=O) groups excluding carboxylic acids is 1. The van der Waals surface area contributed by atoms with E-state index in [1.54, 1.807) is 12.1 Å². The van der Waals surface area contributed by atoms with E-state index in [2.05, 4.69) is 5.32 Å². The molecule has 0 fully saturated rings. The molecule has 0 saturated heterocycles. The van der Waals surface area contributed by atoms with Gasteiger partial charge in [-0.25, -0.2) is 4.39 Å². The maximum atomic E-state index is 13.4. The summed E-state index contributed by atoms with van der Waals surface area (Å²) in [5, 5.41) is 2.71. The zero-order valence-electron chi connectivity index (χ0n) is 10.5. The predicted molar refractivity (Wildman–Crippen MR) is 67.0 cm³/mol. The molecule has 3 N–H and O–H groups in total. The van der Waals surface area contributed by atoms with Crippen LogP contribution in [0.25, 0.3) is 0 Å². The molecule has 0 spiro atoms. The number of nitrogens with two attached hydrogens (primary N) is 1. The summed E-state index contributed by atoms with van der Waals surface area (Å²) in [7, 11) is 0. The largest absolute Gasteiger partial charge is 0.326 e. The number of hydrogen-bond donors (Lipinski definition) is 2. The number of carbonyl (C=O) groups is 1. The first kappa shape index (κ1) is 13.6. The molecule has 1 aromatic rings. The van der Waals surface area contributed by atoms with Gasteiger partial charge in [-0.3, -0.25) is 4.79 Å². The summed E-state index contributed by atoms with van der Waals surface area (Å²) in [6.45, 7) is 5.80. The van der Waals surface area contributed by atoms with Crippen molar-refractivity contribution in [1.29, 1.82) is 0 Å². The van der Waals surface area contributed by atoms with Gasteiger partial charge in [0, 0.05) is 23.2 Å². The zero-order chi connectivity index (χ0) is 13.1. The van der Waals surface area contributed by atoms with Gasteiger partial charge < -0.3 is 11.1 Å². The zero-order valence-corrected chi connectivity index (χ0v) is 10.5. The van der Waals surface area contributed by atoms with E-state index in [0.717, 1.165) is 6.42 Å². The first-order valence-corrected chi connectivity index (χ1v) is 5.70. The van der Waals surface area contributed by atoms with E-state index in [1.165, 1.54) is 6.07 Å². The normalized spacial score (nSPS) is 11.4. The molecular weight excluding hydrogens is 219 g/mol. The lowest BCUT2D eigenvalue weighted by molar-refractivity contribution is -0.124. The molecule has 17 heavy (non-hydrogen) atoms. The molecule has 4 heteroatoms. The molecule has 0 aliphatic carbocycles. The Morgan fingerprint density at radius 1 is 1.47 bits per heavy atom. The number of halogens is 1.